The van der Waals surface area contributed by atoms with Gasteiger partial charge in [-0.15, -0.1) is 0 Å². The molecule has 3 aliphatic rings. The van der Waals surface area contributed by atoms with E-state index < -0.39 is 0 Å². The number of allylic oxidation sites excluding steroid dienone is 1. The van der Waals surface area contributed by atoms with Crippen molar-refractivity contribution in [3.8, 4) is 5.69 Å². The standard InChI is InChI=1S/C17H13N3O2S4/c1-10-9-12-13(26-15(25-12)14-23-7-8-24-14)20-17(22)18(16(21)19(10)20)11-5-3-2-4-6-11/h2-10,13H,1H3/t10-,13+/m0/s1. The Morgan fingerprint density at radius 3 is 2.35 bits per heavy atom. The summed E-state index contributed by atoms with van der Waals surface area (Å²) in [6.45, 7) is 1.95. The van der Waals surface area contributed by atoms with Crippen LogP contribution in [0.25, 0.3) is 5.69 Å². The van der Waals surface area contributed by atoms with Crippen molar-refractivity contribution in [2.24, 2.45) is 0 Å². The van der Waals surface area contributed by atoms with E-state index in [0.29, 0.717) is 5.69 Å². The minimum Gasteiger partial charge on any atom is -0.245 e. The van der Waals surface area contributed by atoms with Gasteiger partial charge in [-0.05, 0) is 35.9 Å². The van der Waals surface area contributed by atoms with Gasteiger partial charge in [0.05, 0.1) is 20.2 Å². The van der Waals surface area contributed by atoms with E-state index in [-0.39, 0.29) is 22.8 Å². The van der Waals surface area contributed by atoms with E-state index in [9.17, 15) is 9.59 Å². The molecule has 1 aromatic carbocycles. The van der Waals surface area contributed by atoms with Crippen molar-refractivity contribution >= 4 is 47.0 Å². The highest BCUT2D eigenvalue weighted by atomic mass is 32.2. The van der Waals surface area contributed by atoms with Crippen LogP contribution in [0.15, 0.2) is 70.2 Å². The summed E-state index contributed by atoms with van der Waals surface area (Å²) < 4.78 is 6.92. The van der Waals surface area contributed by atoms with Gasteiger partial charge in [-0.3, -0.25) is 0 Å². The zero-order chi connectivity index (χ0) is 17.8. The van der Waals surface area contributed by atoms with Crippen LogP contribution in [0.3, 0.4) is 0 Å². The van der Waals surface area contributed by atoms with E-state index in [2.05, 4.69) is 16.9 Å². The molecule has 2 atom stereocenters. The lowest BCUT2D eigenvalue weighted by Crippen LogP contribution is -2.33. The zero-order valence-electron chi connectivity index (χ0n) is 13.6. The smallest absolute Gasteiger partial charge is 0.245 e. The van der Waals surface area contributed by atoms with Crippen LogP contribution in [0, 0.1) is 0 Å². The summed E-state index contributed by atoms with van der Waals surface area (Å²) >= 11 is 6.78. The Morgan fingerprint density at radius 2 is 1.62 bits per heavy atom. The number of hydrogen-bond donors (Lipinski definition) is 0. The van der Waals surface area contributed by atoms with Crippen LogP contribution in [0.1, 0.15) is 18.3 Å². The van der Waals surface area contributed by atoms with Crippen LogP contribution in [0.2, 0.25) is 0 Å². The summed E-state index contributed by atoms with van der Waals surface area (Å²) in [5.41, 5.74) is 0.0285. The van der Waals surface area contributed by atoms with E-state index in [0.717, 1.165) is 4.91 Å². The number of aromatic nitrogens is 3. The molecule has 3 aliphatic heterocycles. The quantitative estimate of drug-likeness (QED) is 0.686. The number of para-hydroxylation sites is 1. The highest BCUT2D eigenvalue weighted by Gasteiger charge is 2.39. The van der Waals surface area contributed by atoms with Gasteiger partial charge in [0.1, 0.15) is 5.37 Å². The molecule has 0 spiro atoms. The average molecular weight is 420 g/mol. The molecule has 5 rings (SSSR count). The number of benzene rings is 1. The van der Waals surface area contributed by atoms with Crippen LogP contribution in [-0.4, -0.2) is 13.9 Å². The van der Waals surface area contributed by atoms with Gasteiger partial charge in [-0.2, -0.15) is 0 Å². The molecular weight excluding hydrogens is 406 g/mol. The summed E-state index contributed by atoms with van der Waals surface area (Å²) in [6.07, 6.45) is 2.10. The second-order valence-corrected chi connectivity index (χ2v) is 10.4. The van der Waals surface area contributed by atoms with Gasteiger partial charge in [0.2, 0.25) is 0 Å². The average Bonchev–Trinajstić information content (AvgIpc) is 3.34. The normalized spacial score (nSPS) is 24.0. The molecule has 9 heteroatoms. The molecule has 0 N–H and O–H groups in total. The largest absolute Gasteiger partial charge is 0.353 e. The third kappa shape index (κ3) is 2.45. The highest BCUT2D eigenvalue weighted by molar-refractivity contribution is 8.33. The number of thioether (sulfide) groups is 4. The zero-order valence-corrected chi connectivity index (χ0v) is 16.8. The lowest BCUT2D eigenvalue weighted by molar-refractivity contribution is 0.413. The molecule has 26 heavy (non-hydrogen) atoms. The first-order valence-electron chi connectivity index (χ1n) is 7.95. The van der Waals surface area contributed by atoms with E-state index in [1.54, 1.807) is 68.5 Å². The van der Waals surface area contributed by atoms with Crippen molar-refractivity contribution in [2.45, 2.75) is 18.3 Å². The lowest BCUT2D eigenvalue weighted by atomic mass is 10.3. The predicted octanol–water partition coefficient (Wildman–Crippen LogP) is 4.32. The maximum absolute atomic E-state index is 13.2. The van der Waals surface area contributed by atoms with Crippen LogP contribution < -0.4 is 11.4 Å². The first kappa shape index (κ1) is 16.7. The Bertz CT molecular complexity index is 1100. The Morgan fingerprint density at radius 1 is 0.923 bits per heavy atom. The van der Waals surface area contributed by atoms with E-state index in [4.69, 9.17) is 0 Å². The Labute approximate surface area is 166 Å². The second kappa shape index (κ2) is 6.33. The molecule has 0 aliphatic carbocycles. The van der Waals surface area contributed by atoms with Gasteiger partial charge in [0.25, 0.3) is 0 Å². The monoisotopic (exact) mass is 419 g/mol. The van der Waals surface area contributed by atoms with Crippen LogP contribution >= 0.6 is 47.0 Å². The van der Waals surface area contributed by atoms with Crippen molar-refractivity contribution in [1.29, 1.82) is 0 Å². The SMILES string of the molecule is C[C@H]1C=C2SC(=C3SC=CS3)S[C@H]2n2c(=O)n(-c3ccccc3)c(=O)n21. The molecule has 4 heterocycles. The van der Waals surface area contributed by atoms with Crippen LogP contribution in [-0.2, 0) is 0 Å². The number of fused-ring (bicyclic) bond motifs is 3. The van der Waals surface area contributed by atoms with Crippen molar-refractivity contribution < 1.29 is 0 Å². The highest BCUT2D eigenvalue weighted by Crippen LogP contribution is 2.61. The topological polar surface area (TPSA) is 48.9 Å². The van der Waals surface area contributed by atoms with Crippen LogP contribution in [0.5, 0.6) is 0 Å². The molecule has 1 aromatic heterocycles. The number of nitrogens with zero attached hydrogens (tertiary/aromatic N) is 3. The fourth-order valence-electron chi connectivity index (χ4n) is 3.18. The van der Waals surface area contributed by atoms with Gasteiger partial charge in [0.15, 0.2) is 0 Å². The minimum atomic E-state index is -0.290. The van der Waals surface area contributed by atoms with Crippen molar-refractivity contribution in [1.82, 2.24) is 13.9 Å². The molecule has 0 amide bonds. The van der Waals surface area contributed by atoms with E-state index in [1.165, 1.54) is 13.0 Å². The fraction of sp³-hybridized carbons (Fsp3) is 0.176. The molecule has 2 aromatic rings. The predicted molar refractivity (Wildman–Crippen MR) is 113 cm³/mol. The molecule has 1 fully saturated rings. The number of rotatable bonds is 1. The maximum Gasteiger partial charge on any atom is 0.353 e. The molecule has 0 radical (unpaired) electrons. The molecule has 5 nitrogen and oxygen atoms in total. The second-order valence-electron chi connectivity index (χ2n) is 5.89. The number of hydrogen-bond acceptors (Lipinski definition) is 6. The summed E-state index contributed by atoms with van der Waals surface area (Å²) in [5.74, 6) is 0. The summed E-state index contributed by atoms with van der Waals surface area (Å²) in [7, 11) is 0. The van der Waals surface area contributed by atoms with E-state index >= 15 is 0 Å². The molecule has 0 unspecified atom stereocenters. The summed E-state index contributed by atoms with van der Waals surface area (Å²) in [5, 5.41) is 3.97. The first-order chi connectivity index (χ1) is 12.6. The van der Waals surface area contributed by atoms with Crippen LogP contribution in [0.4, 0.5) is 0 Å². The lowest BCUT2D eigenvalue weighted by Gasteiger charge is -2.24. The van der Waals surface area contributed by atoms with Crippen molar-refractivity contribution in [3.63, 3.8) is 0 Å². The van der Waals surface area contributed by atoms with Gasteiger partial charge in [-0.25, -0.2) is 23.5 Å². The van der Waals surface area contributed by atoms with Gasteiger partial charge in [-0.1, -0.05) is 65.2 Å². The minimum absolute atomic E-state index is 0.161. The Kier molecular flexibility index (Phi) is 4.07. The molecular formula is C17H13N3O2S4. The van der Waals surface area contributed by atoms with Gasteiger partial charge < -0.3 is 0 Å². The molecule has 0 bridgehead atoms. The third-order valence-corrected chi connectivity index (χ3v) is 9.69. The maximum atomic E-state index is 13.2. The Hall–Kier alpha value is -1.42. The first-order valence-corrected chi connectivity index (χ1v) is 11.4. The van der Waals surface area contributed by atoms with Crippen molar-refractivity contribution in [2.75, 3.05) is 0 Å². The molecule has 0 saturated carbocycles. The Balaban J connectivity index is 1.67. The van der Waals surface area contributed by atoms with Crippen molar-refractivity contribution in [3.05, 3.63) is 81.6 Å². The van der Waals surface area contributed by atoms with Gasteiger partial charge in [0, 0.05) is 4.91 Å². The third-order valence-electron chi connectivity index (χ3n) is 4.28. The van der Waals surface area contributed by atoms with E-state index in [1.807, 2.05) is 25.1 Å². The fourth-order valence-corrected chi connectivity index (χ4v) is 8.33. The van der Waals surface area contributed by atoms with Gasteiger partial charge >= 0.3 is 11.4 Å². The summed E-state index contributed by atoms with van der Waals surface area (Å²) in [6, 6.07) is 8.95. The summed E-state index contributed by atoms with van der Waals surface area (Å²) in [4.78, 5) is 27.3. The molecule has 1 saturated heterocycles. The molecule has 132 valence electrons.